The number of rotatable bonds is 3. The van der Waals surface area contributed by atoms with E-state index in [9.17, 15) is 12.8 Å². The Balaban J connectivity index is 2.54. The molecule has 0 saturated carbocycles. The number of halogens is 1. The molecular weight excluding hydrogens is 285 g/mol. The third kappa shape index (κ3) is 2.74. The van der Waals surface area contributed by atoms with Gasteiger partial charge in [0, 0.05) is 17.9 Å². The molecular formula is C12H12FN3O3S. The second kappa shape index (κ2) is 5.12. The summed E-state index contributed by atoms with van der Waals surface area (Å²) in [6.07, 6.45) is 0.983. The standard InChI is InChI=1S/C12H12FN3O3S/c1-7-11(15-16-12(14-7)20(3,17)18)9-5-4-8(19-2)6-10(9)13/h4-6H,1-3H3. The molecule has 8 heteroatoms. The molecule has 1 aromatic heterocycles. The van der Waals surface area contributed by atoms with Crippen molar-refractivity contribution in [1.82, 2.24) is 15.2 Å². The third-order valence-electron chi connectivity index (χ3n) is 2.60. The van der Waals surface area contributed by atoms with Crippen molar-refractivity contribution >= 4 is 9.84 Å². The molecule has 0 spiro atoms. The minimum absolute atomic E-state index is 0.184. The summed E-state index contributed by atoms with van der Waals surface area (Å²) >= 11 is 0. The van der Waals surface area contributed by atoms with E-state index in [1.807, 2.05) is 0 Å². The zero-order valence-electron chi connectivity index (χ0n) is 11.1. The number of ether oxygens (including phenoxy) is 1. The molecule has 1 aromatic carbocycles. The van der Waals surface area contributed by atoms with E-state index in [1.54, 1.807) is 13.0 Å². The van der Waals surface area contributed by atoms with Crippen LogP contribution in [0.15, 0.2) is 23.4 Å². The van der Waals surface area contributed by atoms with Gasteiger partial charge in [0.05, 0.1) is 12.8 Å². The minimum atomic E-state index is -3.54. The predicted octanol–water partition coefficient (Wildman–Crippen LogP) is 1.40. The molecule has 0 bridgehead atoms. The average Bonchev–Trinajstić information content (AvgIpc) is 2.38. The first-order chi connectivity index (χ1) is 9.32. The summed E-state index contributed by atoms with van der Waals surface area (Å²) in [5.41, 5.74) is 0.658. The van der Waals surface area contributed by atoms with Crippen molar-refractivity contribution in [2.45, 2.75) is 12.1 Å². The second-order valence-corrected chi connectivity index (χ2v) is 6.06. The van der Waals surface area contributed by atoms with Gasteiger partial charge in [0.25, 0.3) is 5.16 Å². The van der Waals surface area contributed by atoms with E-state index in [0.717, 1.165) is 6.26 Å². The Kier molecular flexibility index (Phi) is 3.67. The molecule has 20 heavy (non-hydrogen) atoms. The lowest BCUT2D eigenvalue weighted by molar-refractivity contribution is 0.411. The lowest BCUT2D eigenvalue weighted by Gasteiger charge is -2.07. The molecule has 106 valence electrons. The molecule has 1 heterocycles. The van der Waals surface area contributed by atoms with Crippen molar-refractivity contribution in [3.8, 4) is 17.0 Å². The van der Waals surface area contributed by atoms with Gasteiger partial charge >= 0.3 is 0 Å². The first kappa shape index (κ1) is 14.3. The van der Waals surface area contributed by atoms with Crippen molar-refractivity contribution in [1.29, 1.82) is 0 Å². The van der Waals surface area contributed by atoms with E-state index < -0.39 is 15.7 Å². The maximum atomic E-state index is 13.9. The fraction of sp³-hybridized carbons (Fsp3) is 0.250. The van der Waals surface area contributed by atoms with Crippen LogP contribution in [0.1, 0.15) is 5.69 Å². The normalized spacial score (nSPS) is 11.4. The summed E-state index contributed by atoms with van der Waals surface area (Å²) in [5, 5.41) is 6.90. The molecule has 0 amide bonds. The van der Waals surface area contributed by atoms with Crippen LogP contribution < -0.4 is 4.74 Å². The molecule has 0 saturated heterocycles. The number of sulfone groups is 1. The summed E-state index contributed by atoms with van der Waals surface area (Å²) in [7, 11) is -2.11. The summed E-state index contributed by atoms with van der Waals surface area (Å²) in [6, 6.07) is 4.26. The number of benzene rings is 1. The molecule has 0 unspecified atom stereocenters. The van der Waals surface area contributed by atoms with E-state index in [0.29, 0.717) is 5.75 Å². The summed E-state index contributed by atoms with van der Waals surface area (Å²) < 4.78 is 41.5. The number of methoxy groups -OCH3 is 1. The predicted molar refractivity (Wildman–Crippen MR) is 69.6 cm³/mol. The van der Waals surface area contributed by atoms with Gasteiger partial charge in [-0.05, 0) is 19.1 Å². The lowest BCUT2D eigenvalue weighted by atomic mass is 10.1. The second-order valence-electron chi connectivity index (χ2n) is 4.15. The number of aryl methyl sites for hydroxylation is 1. The molecule has 0 aliphatic heterocycles. The quantitative estimate of drug-likeness (QED) is 0.851. The van der Waals surface area contributed by atoms with Gasteiger partial charge in [0.2, 0.25) is 9.84 Å². The van der Waals surface area contributed by atoms with Crippen LogP contribution >= 0.6 is 0 Å². The molecule has 0 radical (unpaired) electrons. The van der Waals surface area contributed by atoms with Crippen molar-refractivity contribution in [3.05, 3.63) is 29.7 Å². The minimum Gasteiger partial charge on any atom is -0.497 e. The fourth-order valence-corrected chi connectivity index (χ4v) is 2.10. The van der Waals surface area contributed by atoms with E-state index in [-0.39, 0.29) is 22.1 Å². The van der Waals surface area contributed by atoms with Crippen molar-refractivity contribution in [2.75, 3.05) is 13.4 Å². The Morgan fingerprint density at radius 3 is 2.45 bits per heavy atom. The topological polar surface area (TPSA) is 82.0 Å². The molecule has 0 aliphatic carbocycles. The summed E-state index contributed by atoms with van der Waals surface area (Å²) in [6.45, 7) is 1.54. The van der Waals surface area contributed by atoms with E-state index in [1.165, 1.54) is 19.2 Å². The number of nitrogens with zero attached hydrogens (tertiary/aromatic N) is 3. The van der Waals surface area contributed by atoms with Crippen LogP contribution in [0.25, 0.3) is 11.3 Å². The molecule has 2 aromatic rings. The van der Waals surface area contributed by atoms with Gasteiger partial charge in [-0.15, -0.1) is 10.2 Å². The molecule has 0 N–H and O–H groups in total. The highest BCUT2D eigenvalue weighted by Crippen LogP contribution is 2.26. The molecule has 0 atom stereocenters. The lowest BCUT2D eigenvalue weighted by Crippen LogP contribution is -2.08. The van der Waals surface area contributed by atoms with Gasteiger partial charge in [-0.3, -0.25) is 0 Å². The Hall–Kier alpha value is -2.09. The van der Waals surface area contributed by atoms with Crippen LogP contribution in [-0.4, -0.2) is 37.0 Å². The molecule has 2 rings (SSSR count). The molecule has 6 nitrogen and oxygen atoms in total. The van der Waals surface area contributed by atoms with Gasteiger partial charge in [-0.2, -0.15) is 0 Å². The van der Waals surface area contributed by atoms with Gasteiger partial charge < -0.3 is 4.74 Å². The van der Waals surface area contributed by atoms with Crippen LogP contribution in [0.3, 0.4) is 0 Å². The van der Waals surface area contributed by atoms with Crippen LogP contribution in [0, 0.1) is 12.7 Å². The van der Waals surface area contributed by atoms with Crippen LogP contribution in [0.5, 0.6) is 5.75 Å². The zero-order valence-corrected chi connectivity index (χ0v) is 11.9. The zero-order chi connectivity index (χ0) is 14.9. The maximum Gasteiger partial charge on any atom is 0.267 e. The highest BCUT2D eigenvalue weighted by molar-refractivity contribution is 7.90. The van der Waals surface area contributed by atoms with Crippen LogP contribution in [-0.2, 0) is 9.84 Å². The third-order valence-corrected chi connectivity index (χ3v) is 3.44. The Morgan fingerprint density at radius 1 is 1.25 bits per heavy atom. The fourth-order valence-electron chi connectivity index (χ4n) is 1.60. The van der Waals surface area contributed by atoms with Crippen LogP contribution in [0.2, 0.25) is 0 Å². The van der Waals surface area contributed by atoms with E-state index in [4.69, 9.17) is 4.74 Å². The number of hydrogen-bond acceptors (Lipinski definition) is 6. The summed E-state index contributed by atoms with van der Waals surface area (Å²) in [5.74, 6) is -0.173. The first-order valence-electron chi connectivity index (χ1n) is 5.58. The molecule has 0 fully saturated rings. The van der Waals surface area contributed by atoms with Crippen molar-refractivity contribution < 1.29 is 17.5 Å². The van der Waals surface area contributed by atoms with Gasteiger partial charge in [0.15, 0.2) is 0 Å². The average molecular weight is 297 g/mol. The largest absolute Gasteiger partial charge is 0.497 e. The van der Waals surface area contributed by atoms with Crippen molar-refractivity contribution in [3.63, 3.8) is 0 Å². The van der Waals surface area contributed by atoms with E-state index in [2.05, 4.69) is 15.2 Å². The first-order valence-corrected chi connectivity index (χ1v) is 7.47. The highest BCUT2D eigenvalue weighted by Gasteiger charge is 2.17. The summed E-state index contributed by atoms with van der Waals surface area (Å²) in [4.78, 5) is 3.84. The maximum absolute atomic E-state index is 13.9. The number of hydrogen-bond donors (Lipinski definition) is 0. The van der Waals surface area contributed by atoms with Gasteiger partial charge in [-0.25, -0.2) is 17.8 Å². The molecule has 0 aliphatic rings. The monoisotopic (exact) mass is 297 g/mol. The smallest absolute Gasteiger partial charge is 0.267 e. The Labute approximate surface area is 115 Å². The van der Waals surface area contributed by atoms with Crippen LogP contribution in [0.4, 0.5) is 4.39 Å². The van der Waals surface area contributed by atoms with E-state index >= 15 is 0 Å². The van der Waals surface area contributed by atoms with Gasteiger partial charge in [-0.1, -0.05) is 0 Å². The van der Waals surface area contributed by atoms with Crippen molar-refractivity contribution in [2.24, 2.45) is 0 Å². The highest BCUT2D eigenvalue weighted by atomic mass is 32.2. The Bertz CT molecular complexity index is 763. The number of aromatic nitrogens is 3. The SMILES string of the molecule is COc1ccc(-c2nnc(S(C)(=O)=O)nc2C)c(F)c1. The Morgan fingerprint density at radius 2 is 1.95 bits per heavy atom. The van der Waals surface area contributed by atoms with Gasteiger partial charge in [0.1, 0.15) is 17.3 Å².